The molecule has 1 heterocycles. The lowest BCUT2D eigenvalue weighted by molar-refractivity contribution is 0.283. The third-order valence-corrected chi connectivity index (χ3v) is 7.60. The maximum Gasteiger partial charge on any atom is 0.282 e. The van der Waals surface area contributed by atoms with Crippen molar-refractivity contribution in [3.63, 3.8) is 0 Å². The van der Waals surface area contributed by atoms with E-state index in [9.17, 15) is 4.79 Å². The van der Waals surface area contributed by atoms with E-state index in [1.807, 2.05) is 63.2 Å². The van der Waals surface area contributed by atoms with Crippen molar-refractivity contribution in [2.45, 2.75) is 32.8 Å². The van der Waals surface area contributed by atoms with Gasteiger partial charge in [-0.25, -0.2) is 4.98 Å². The lowest BCUT2D eigenvalue weighted by atomic mass is 9.95. The molecule has 0 aliphatic carbocycles. The molecule has 1 aromatic heterocycles. The summed E-state index contributed by atoms with van der Waals surface area (Å²) in [6.45, 7) is 6.45. The summed E-state index contributed by atoms with van der Waals surface area (Å²) in [5.41, 5.74) is 1.89. The molecule has 8 heteroatoms. The maximum absolute atomic E-state index is 13.5. The Morgan fingerprint density at radius 1 is 1.03 bits per heavy atom. The number of halogens is 2. The summed E-state index contributed by atoms with van der Waals surface area (Å²) in [5.74, 6) is 1.83. The van der Waals surface area contributed by atoms with Crippen molar-refractivity contribution in [1.82, 2.24) is 9.66 Å². The minimum absolute atomic E-state index is 0.223. The molecule has 0 radical (unpaired) electrons. The topological polar surface area (TPSA) is 65.7 Å². The van der Waals surface area contributed by atoms with Crippen LogP contribution in [0.3, 0.4) is 0 Å². The summed E-state index contributed by atoms with van der Waals surface area (Å²) < 4.78 is 15.0. The van der Waals surface area contributed by atoms with Gasteiger partial charge in [0.25, 0.3) is 5.56 Å². The van der Waals surface area contributed by atoms with Crippen LogP contribution in [0.5, 0.6) is 11.5 Å². The van der Waals surface area contributed by atoms with Crippen LogP contribution in [0.25, 0.3) is 21.7 Å². The predicted octanol–water partition coefficient (Wildman–Crippen LogP) is 7.68. The first-order chi connectivity index (χ1) is 18.7. The number of hydrogen-bond acceptors (Lipinski definition) is 5. The molecule has 0 unspecified atom stereocenters. The quantitative estimate of drug-likeness (QED) is 0.135. The molecular formula is C31H27BrIN3O3. The van der Waals surface area contributed by atoms with E-state index in [1.54, 1.807) is 19.4 Å². The Morgan fingerprint density at radius 3 is 2.56 bits per heavy atom. The van der Waals surface area contributed by atoms with Crippen LogP contribution in [-0.4, -0.2) is 23.0 Å². The van der Waals surface area contributed by atoms with Crippen LogP contribution in [-0.2, 0) is 12.0 Å². The molecule has 0 fully saturated rings. The van der Waals surface area contributed by atoms with Crippen LogP contribution in [0.4, 0.5) is 0 Å². The van der Waals surface area contributed by atoms with Gasteiger partial charge in [0.05, 0.1) is 27.8 Å². The molecule has 4 aromatic carbocycles. The van der Waals surface area contributed by atoms with E-state index in [0.29, 0.717) is 34.8 Å². The second-order valence-electron chi connectivity index (χ2n) is 10.2. The van der Waals surface area contributed by atoms with Crippen LogP contribution in [0.15, 0.2) is 87.2 Å². The number of hydrogen-bond donors (Lipinski definition) is 0. The fourth-order valence-electron chi connectivity index (χ4n) is 4.39. The average Bonchev–Trinajstić information content (AvgIpc) is 2.91. The number of nitrogens with zero attached hydrogens (tertiary/aromatic N) is 3. The van der Waals surface area contributed by atoms with Crippen molar-refractivity contribution in [3.8, 4) is 11.5 Å². The number of benzene rings is 4. The highest BCUT2D eigenvalue weighted by Gasteiger charge is 2.23. The number of rotatable bonds is 6. The van der Waals surface area contributed by atoms with Gasteiger partial charge in [-0.2, -0.15) is 9.78 Å². The molecule has 0 N–H and O–H groups in total. The lowest BCUT2D eigenvalue weighted by Gasteiger charge is -2.21. The predicted molar refractivity (Wildman–Crippen MR) is 169 cm³/mol. The van der Waals surface area contributed by atoms with Crippen LogP contribution < -0.4 is 15.0 Å². The molecule has 0 atom stereocenters. The molecule has 0 saturated heterocycles. The van der Waals surface area contributed by atoms with Gasteiger partial charge in [-0.05, 0) is 74.8 Å². The van der Waals surface area contributed by atoms with Crippen molar-refractivity contribution in [3.05, 3.63) is 108 Å². The molecule has 39 heavy (non-hydrogen) atoms. The Bertz CT molecular complexity index is 1790. The SMILES string of the molecule is COc1cc(C=Nn2c(C(C)(C)C)nc3ccc(Br)cc3c2=O)cc(I)c1OCc1cccc2ccccc12. The number of fused-ring (bicyclic) bond motifs is 2. The zero-order chi connectivity index (χ0) is 27.7. The molecule has 0 saturated carbocycles. The average molecular weight is 696 g/mol. The van der Waals surface area contributed by atoms with Gasteiger partial charge in [-0.1, -0.05) is 79.2 Å². The largest absolute Gasteiger partial charge is 0.493 e. The summed E-state index contributed by atoms with van der Waals surface area (Å²) in [7, 11) is 1.62. The van der Waals surface area contributed by atoms with E-state index in [1.165, 1.54) is 10.1 Å². The van der Waals surface area contributed by atoms with Crippen molar-refractivity contribution in [1.29, 1.82) is 0 Å². The Kier molecular flexibility index (Phi) is 7.77. The number of aromatic nitrogens is 2. The first-order valence-electron chi connectivity index (χ1n) is 12.4. The zero-order valence-corrected chi connectivity index (χ0v) is 25.8. The smallest absolute Gasteiger partial charge is 0.282 e. The molecule has 5 rings (SSSR count). The molecule has 0 amide bonds. The Morgan fingerprint density at radius 2 is 1.79 bits per heavy atom. The monoisotopic (exact) mass is 695 g/mol. The van der Waals surface area contributed by atoms with Gasteiger partial charge in [0.1, 0.15) is 12.4 Å². The fraction of sp³-hybridized carbons (Fsp3) is 0.194. The lowest BCUT2D eigenvalue weighted by Crippen LogP contribution is -2.29. The maximum atomic E-state index is 13.5. The van der Waals surface area contributed by atoms with Crippen molar-refractivity contribution in [2.75, 3.05) is 7.11 Å². The Labute approximate surface area is 248 Å². The van der Waals surface area contributed by atoms with E-state index in [0.717, 1.165) is 24.6 Å². The van der Waals surface area contributed by atoms with Crippen LogP contribution in [0.2, 0.25) is 0 Å². The third kappa shape index (κ3) is 5.72. The van der Waals surface area contributed by atoms with E-state index in [4.69, 9.17) is 14.5 Å². The van der Waals surface area contributed by atoms with Gasteiger partial charge < -0.3 is 9.47 Å². The summed E-state index contributed by atoms with van der Waals surface area (Å²) in [5, 5.41) is 7.43. The fourth-order valence-corrected chi connectivity index (χ4v) is 5.53. The highest BCUT2D eigenvalue weighted by atomic mass is 127. The first-order valence-corrected chi connectivity index (χ1v) is 14.3. The van der Waals surface area contributed by atoms with Gasteiger partial charge >= 0.3 is 0 Å². The molecular weight excluding hydrogens is 669 g/mol. The van der Waals surface area contributed by atoms with Crippen molar-refractivity contribution in [2.24, 2.45) is 5.10 Å². The molecule has 198 valence electrons. The Hall–Kier alpha value is -3.24. The molecule has 6 nitrogen and oxygen atoms in total. The van der Waals surface area contributed by atoms with Gasteiger partial charge in [-0.3, -0.25) is 4.79 Å². The van der Waals surface area contributed by atoms with Gasteiger partial charge in [0.2, 0.25) is 0 Å². The standard InChI is InChI=1S/C31H27BrIN3O3/c1-31(2,3)30-35-26-13-12-22(32)16-24(26)29(37)36(30)34-17-19-14-25(33)28(27(15-19)38-4)39-18-21-10-7-9-20-8-5-6-11-23(20)21/h5-17H,18H2,1-4H3. The van der Waals surface area contributed by atoms with Gasteiger partial charge in [0, 0.05) is 9.89 Å². The first kappa shape index (κ1) is 27.3. The minimum atomic E-state index is -0.400. The number of ether oxygens (including phenoxy) is 2. The summed E-state index contributed by atoms with van der Waals surface area (Å²) in [6, 6.07) is 23.8. The molecule has 0 spiro atoms. The number of methoxy groups -OCH3 is 1. The van der Waals surface area contributed by atoms with Crippen molar-refractivity contribution < 1.29 is 9.47 Å². The second-order valence-corrected chi connectivity index (χ2v) is 12.2. The van der Waals surface area contributed by atoms with Gasteiger partial charge in [0.15, 0.2) is 11.5 Å². The zero-order valence-electron chi connectivity index (χ0n) is 22.0. The van der Waals surface area contributed by atoms with Gasteiger partial charge in [-0.15, -0.1) is 0 Å². The highest BCUT2D eigenvalue weighted by molar-refractivity contribution is 14.1. The van der Waals surface area contributed by atoms with Crippen molar-refractivity contribution >= 4 is 66.4 Å². The molecule has 0 aliphatic heterocycles. The van der Waals surface area contributed by atoms with Crippen LogP contribution >= 0.6 is 38.5 Å². The summed E-state index contributed by atoms with van der Waals surface area (Å²) in [6.07, 6.45) is 1.65. The van der Waals surface area contributed by atoms with E-state index < -0.39 is 5.41 Å². The molecule has 0 aliphatic rings. The third-order valence-electron chi connectivity index (χ3n) is 6.31. The second kappa shape index (κ2) is 11.1. The summed E-state index contributed by atoms with van der Waals surface area (Å²) in [4.78, 5) is 18.3. The van der Waals surface area contributed by atoms with E-state index in [2.05, 4.69) is 67.9 Å². The van der Waals surface area contributed by atoms with E-state index >= 15 is 0 Å². The molecule has 5 aromatic rings. The van der Waals surface area contributed by atoms with E-state index in [-0.39, 0.29) is 5.56 Å². The summed E-state index contributed by atoms with van der Waals surface area (Å²) >= 11 is 5.69. The molecule has 0 bridgehead atoms. The van der Waals surface area contributed by atoms with Crippen LogP contribution in [0.1, 0.15) is 37.7 Å². The normalized spacial score (nSPS) is 11.9. The highest BCUT2D eigenvalue weighted by Crippen LogP contribution is 2.35. The minimum Gasteiger partial charge on any atom is -0.493 e. The Balaban J connectivity index is 1.50. The van der Waals surface area contributed by atoms with Crippen LogP contribution in [0, 0.1) is 3.57 Å².